The van der Waals surface area contributed by atoms with Crippen LogP contribution >= 0.6 is 11.6 Å². The number of amides is 1. The van der Waals surface area contributed by atoms with Crippen molar-refractivity contribution >= 4 is 17.5 Å². The average molecular weight is 410 g/mol. The number of allylic oxidation sites excluding steroid dienone is 3. The maximum Gasteiger partial charge on any atom is 0.244 e. The van der Waals surface area contributed by atoms with Crippen LogP contribution < -0.4 is 5.32 Å². The van der Waals surface area contributed by atoms with Crippen LogP contribution in [0.5, 0.6) is 0 Å². The van der Waals surface area contributed by atoms with Gasteiger partial charge >= 0.3 is 0 Å². The average Bonchev–Trinajstić information content (AvgIpc) is 2.64. The first-order valence-corrected chi connectivity index (χ1v) is 10.4. The van der Waals surface area contributed by atoms with Crippen molar-refractivity contribution in [3.8, 4) is 0 Å². The van der Waals surface area contributed by atoms with E-state index in [1.54, 1.807) is 18.2 Å². The Hall–Kier alpha value is -1.65. The summed E-state index contributed by atoms with van der Waals surface area (Å²) >= 11 is 5.75. The predicted octanol–water partition coefficient (Wildman–Crippen LogP) is 6.22. The molecule has 0 saturated carbocycles. The second kappa shape index (κ2) is 14.4. The normalized spacial score (nSPS) is 12.1. The van der Waals surface area contributed by atoms with E-state index in [9.17, 15) is 9.18 Å². The lowest BCUT2D eigenvalue weighted by molar-refractivity contribution is -0.116. The van der Waals surface area contributed by atoms with Gasteiger partial charge in [0.2, 0.25) is 5.91 Å². The summed E-state index contributed by atoms with van der Waals surface area (Å²) in [5.41, 5.74) is 1.86. The van der Waals surface area contributed by atoms with Gasteiger partial charge in [-0.2, -0.15) is 0 Å². The quantitative estimate of drug-likeness (QED) is 0.238. The Balaban J connectivity index is 2.04. The molecule has 0 fully saturated rings. The fourth-order valence-electron chi connectivity index (χ4n) is 2.52. The Bertz CT molecular complexity index is 656. The number of carbonyl (C=O) groups is 1. The van der Waals surface area contributed by atoms with Crippen molar-refractivity contribution in [3.05, 3.63) is 58.4 Å². The molecule has 28 heavy (non-hydrogen) atoms. The molecule has 0 saturated heterocycles. The lowest BCUT2D eigenvalue weighted by atomic mass is 10.1. The summed E-state index contributed by atoms with van der Waals surface area (Å²) in [4.78, 5) is 11.7. The van der Waals surface area contributed by atoms with Crippen molar-refractivity contribution in [2.24, 2.45) is 5.92 Å². The third kappa shape index (κ3) is 11.9. The second-order valence-electron chi connectivity index (χ2n) is 7.43. The number of hydrogen-bond acceptors (Lipinski definition) is 2. The van der Waals surface area contributed by atoms with Crippen LogP contribution in [0.3, 0.4) is 0 Å². The number of ether oxygens (including phenoxy) is 1. The molecule has 0 radical (unpaired) electrons. The molecule has 1 N–H and O–H groups in total. The summed E-state index contributed by atoms with van der Waals surface area (Å²) in [6.45, 7) is 7.94. The van der Waals surface area contributed by atoms with E-state index in [0.717, 1.165) is 43.2 Å². The number of nitrogens with one attached hydrogen (secondary N) is 1. The van der Waals surface area contributed by atoms with Crippen molar-refractivity contribution in [2.75, 3.05) is 13.2 Å². The van der Waals surface area contributed by atoms with Crippen LogP contribution in [0.4, 0.5) is 4.39 Å². The molecule has 0 unspecified atom stereocenters. The minimum absolute atomic E-state index is 0.0289. The zero-order valence-electron chi connectivity index (χ0n) is 17.3. The third-order valence-corrected chi connectivity index (χ3v) is 4.38. The minimum Gasteiger partial charge on any atom is -0.377 e. The van der Waals surface area contributed by atoms with E-state index >= 15 is 0 Å². The molecule has 5 heteroatoms. The highest BCUT2D eigenvalue weighted by molar-refractivity contribution is 6.30. The van der Waals surface area contributed by atoms with Gasteiger partial charge in [0.1, 0.15) is 5.82 Å². The van der Waals surface area contributed by atoms with Crippen LogP contribution in [0.1, 0.15) is 58.4 Å². The summed E-state index contributed by atoms with van der Waals surface area (Å²) in [6, 6.07) is 4.66. The highest BCUT2D eigenvalue weighted by Crippen LogP contribution is 2.16. The van der Waals surface area contributed by atoms with Gasteiger partial charge < -0.3 is 10.1 Å². The van der Waals surface area contributed by atoms with Crippen molar-refractivity contribution in [1.29, 1.82) is 0 Å². The molecule has 0 bridgehead atoms. The molecule has 1 rings (SSSR count). The molecule has 0 aliphatic heterocycles. The van der Waals surface area contributed by atoms with Crippen LogP contribution in [0.15, 0.2) is 42.0 Å². The summed E-state index contributed by atoms with van der Waals surface area (Å²) in [6.07, 6.45) is 11.2. The molecule has 1 aromatic carbocycles. The van der Waals surface area contributed by atoms with Gasteiger partial charge in [-0.1, -0.05) is 56.5 Å². The highest BCUT2D eigenvalue weighted by Gasteiger charge is 2.01. The zero-order chi connectivity index (χ0) is 20.8. The molecule has 156 valence electrons. The lowest BCUT2D eigenvalue weighted by Gasteiger charge is -2.05. The van der Waals surface area contributed by atoms with Gasteiger partial charge in [0.15, 0.2) is 0 Å². The van der Waals surface area contributed by atoms with Crippen molar-refractivity contribution < 1.29 is 13.9 Å². The molecule has 0 spiro atoms. The molecular weight excluding hydrogens is 377 g/mol. The number of carbonyl (C=O) groups excluding carboxylic acids is 1. The summed E-state index contributed by atoms with van der Waals surface area (Å²) < 4.78 is 18.7. The SMILES string of the molecule is CC(C=CCCCCCCOCc1ccc(F)c(Cl)c1)=CC(=O)NCC(C)C. The summed E-state index contributed by atoms with van der Waals surface area (Å²) in [7, 11) is 0. The van der Waals surface area contributed by atoms with Gasteiger partial charge in [0.05, 0.1) is 11.6 Å². The lowest BCUT2D eigenvalue weighted by Crippen LogP contribution is -2.25. The Kier molecular flexibility index (Phi) is 12.5. The van der Waals surface area contributed by atoms with Crippen LogP contribution in [0, 0.1) is 11.7 Å². The van der Waals surface area contributed by atoms with E-state index < -0.39 is 5.82 Å². The van der Waals surface area contributed by atoms with Crippen molar-refractivity contribution in [2.45, 2.75) is 59.5 Å². The fraction of sp³-hybridized carbons (Fsp3) is 0.522. The van der Waals surface area contributed by atoms with Gasteiger partial charge in [-0.3, -0.25) is 4.79 Å². The van der Waals surface area contributed by atoms with Gasteiger partial charge in [-0.15, -0.1) is 0 Å². The van der Waals surface area contributed by atoms with E-state index in [2.05, 4.69) is 25.2 Å². The standard InChI is InChI=1S/C23H33ClFNO2/c1-18(2)16-26-23(27)14-19(3)10-8-6-4-5-7-9-13-28-17-20-11-12-22(25)21(24)15-20/h8,10-12,14-15,18H,4-7,9,13,16-17H2,1-3H3,(H,26,27). The molecular formula is C23H33ClFNO2. The molecule has 0 aliphatic rings. The molecule has 0 aliphatic carbocycles. The summed E-state index contributed by atoms with van der Waals surface area (Å²) in [5.74, 6) is 0.0262. The van der Waals surface area contributed by atoms with E-state index in [1.807, 2.05) is 13.0 Å². The Labute approximate surface area is 174 Å². The topological polar surface area (TPSA) is 38.3 Å². The van der Waals surface area contributed by atoms with Gasteiger partial charge in [-0.05, 0) is 55.4 Å². The maximum atomic E-state index is 13.1. The van der Waals surface area contributed by atoms with Crippen LogP contribution in [0.2, 0.25) is 5.02 Å². The number of rotatable bonds is 13. The first-order valence-electron chi connectivity index (χ1n) is 10.0. The largest absolute Gasteiger partial charge is 0.377 e. The maximum absolute atomic E-state index is 13.1. The monoisotopic (exact) mass is 409 g/mol. The van der Waals surface area contributed by atoms with Gasteiger partial charge in [0, 0.05) is 19.2 Å². The minimum atomic E-state index is -0.403. The number of unbranched alkanes of at least 4 members (excludes halogenated alkanes) is 4. The Morgan fingerprint density at radius 3 is 2.71 bits per heavy atom. The third-order valence-electron chi connectivity index (χ3n) is 4.09. The first-order chi connectivity index (χ1) is 13.4. The highest BCUT2D eigenvalue weighted by atomic mass is 35.5. The molecule has 1 aromatic rings. The van der Waals surface area contributed by atoms with Gasteiger partial charge in [0.25, 0.3) is 0 Å². The second-order valence-corrected chi connectivity index (χ2v) is 7.84. The van der Waals surface area contributed by atoms with E-state index in [4.69, 9.17) is 16.3 Å². The van der Waals surface area contributed by atoms with E-state index in [1.165, 1.54) is 6.07 Å². The fourth-order valence-corrected chi connectivity index (χ4v) is 2.72. The van der Waals surface area contributed by atoms with Gasteiger partial charge in [-0.25, -0.2) is 4.39 Å². The van der Waals surface area contributed by atoms with Crippen LogP contribution in [-0.4, -0.2) is 19.1 Å². The van der Waals surface area contributed by atoms with Crippen LogP contribution in [-0.2, 0) is 16.1 Å². The van der Waals surface area contributed by atoms with Crippen molar-refractivity contribution in [3.63, 3.8) is 0 Å². The Morgan fingerprint density at radius 1 is 1.25 bits per heavy atom. The molecule has 3 nitrogen and oxygen atoms in total. The smallest absolute Gasteiger partial charge is 0.244 e. The molecule has 0 atom stereocenters. The van der Waals surface area contributed by atoms with E-state index in [0.29, 0.717) is 25.7 Å². The Morgan fingerprint density at radius 2 is 2.00 bits per heavy atom. The molecule has 0 heterocycles. The van der Waals surface area contributed by atoms with Crippen LogP contribution in [0.25, 0.3) is 0 Å². The van der Waals surface area contributed by atoms with Crippen molar-refractivity contribution in [1.82, 2.24) is 5.32 Å². The summed E-state index contributed by atoms with van der Waals surface area (Å²) in [5, 5.41) is 3.01. The number of benzene rings is 1. The zero-order valence-corrected chi connectivity index (χ0v) is 18.0. The number of halogens is 2. The molecule has 1 amide bonds. The predicted molar refractivity (Wildman–Crippen MR) is 115 cm³/mol. The number of hydrogen-bond donors (Lipinski definition) is 1. The van der Waals surface area contributed by atoms with E-state index in [-0.39, 0.29) is 10.9 Å². The molecule has 0 aromatic heterocycles. The first kappa shape index (κ1) is 24.4.